The molecule has 0 atom stereocenters. The Kier molecular flexibility index (Phi) is 3.66. The molecule has 2 heterocycles. The molecule has 6 nitrogen and oxygen atoms in total. The second kappa shape index (κ2) is 5.60. The summed E-state index contributed by atoms with van der Waals surface area (Å²) in [5.74, 6) is 0.442. The number of benzene rings is 1. The average Bonchev–Trinajstić information content (AvgIpc) is 2.47. The van der Waals surface area contributed by atoms with Crippen LogP contribution in [0.5, 0.6) is 5.75 Å². The summed E-state index contributed by atoms with van der Waals surface area (Å²) in [6.45, 7) is 3.28. The van der Waals surface area contributed by atoms with Gasteiger partial charge >= 0.3 is 0 Å². The normalized spacial score (nSPS) is 18.9. The number of anilines is 1. The van der Waals surface area contributed by atoms with Crippen LogP contribution in [0.1, 0.15) is 10.4 Å². The lowest BCUT2D eigenvalue weighted by molar-refractivity contribution is -0.118. The van der Waals surface area contributed by atoms with Crippen molar-refractivity contribution < 1.29 is 19.1 Å². The van der Waals surface area contributed by atoms with E-state index in [-0.39, 0.29) is 18.3 Å². The summed E-state index contributed by atoms with van der Waals surface area (Å²) in [5.41, 5.74) is 1.15. The zero-order valence-corrected chi connectivity index (χ0v) is 11.1. The van der Waals surface area contributed by atoms with E-state index in [9.17, 15) is 9.59 Å². The second-order valence-corrected chi connectivity index (χ2v) is 4.86. The molecule has 2 aliphatic heterocycles. The van der Waals surface area contributed by atoms with Gasteiger partial charge in [-0.3, -0.25) is 14.5 Å². The van der Waals surface area contributed by atoms with Crippen molar-refractivity contribution in [3.05, 3.63) is 23.8 Å². The molecule has 1 amide bonds. The number of Topliss-reactive ketones (excluding diaryl/α,β-unsaturated/α-hetero) is 1. The van der Waals surface area contributed by atoms with Gasteiger partial charge in [-0.2, -0.15) is 0 Å². The van der Waals surface area contributed by atoms with Crippen LogP contribution in [0.15, 0.2) is 18.2 Å². The molecular weight excluding hydrogens is 260 g/mol. The Morgan fingerprint density at radius 2 is 2.10 bits per heavy atom. The molecule has 0 bridgehead atoms. The van der Waals surface area contributed by atoms with Gasteiger partial charge < -0.3 is 14.8 Å². The van der Waals surface area contributed by atoms with Gasteiger partial charge in [0.25, 0.3) is 5.91 Å². The topological polar surface area (TPSA) is 67.9 Å². The summed E-state index contributed by atoms with van der Waals surface area (Å²) in [6.07, 6.45) is 0. The highest BCUT2D eigenvalue weighted by atomic mass is 16.5. The third-order valence-corrected chi connectivity index (χ3v) is 3.41. The molecule has 20 heavy (non-hydrogen) atoms. The highest BCUT2D eigenvalue weighted by molar-refractivity contribution is 6.01. The second-order valence-electron chi connectivity index (χ2n) is 4.86. The van der Waals surface area contributed by atoms with Gasteiger partial charge in [-0.1, -0.05) is 0 Å². The van der Waals surface area contributed by atoms with Crippen LogP contribution in [0.4, 0.5) is 5.69 Å². The van der Waals surface area contributed by atoms with E-state index in [2.05, 4.69) is 10.2 Å². The Balaban J connectivity index is 1.71. The molecule has 0 unspecified atom stereocenters. The summed E-state index contributed by atoms with van der Waals surface area (Å²) in [6, 6.07) is 5.13. The fourth-order valence-corrected chi connectivity index (χ4v) is 2.31. The zero-order valence-electron chi connectivity index (χ0n) is 11.1. The summed E-state index contributed by atoms with van der Waals surface area (Å²) in [7, 11) is 0. The van der Waals surface area contributed by atoms with Crippen LogP contribution < -0.4 is 10.1 Å². The zero-order chi connectivity index (χ0) is 13.9. The third-order valence-electron chi connectivity index (χ3n) is 3.41. The summed E-state index contributed by atoms with van der Waals surface area (Å²) in [5, 5.41) is 2.71. The molecule has 1 saturated heterocycles. The van der Waals surface area contributed by atoms with Crippen LogP contribution >= 0.6 is 0 Å². The van der Waals surface area contributed by atoms with Gasteiger partial charge in [-0.05, 0) is 18.2 Å². The quantitative estimate of drug-likeness (QED) is 0.816. The first-order valence-corrected chi connectivity index (χ1v) is 6.62. The highest BCUT2D eigenvalue weighted by Crippen LogP contribution is 2.28. The number of rotatable bonds is 3. The molecule has 0 aromatic heterocycles. The number of hydrogen-bond acceptors (Lipinski definition) is 5. The molecule has 0 spiro atoms. The Bertz CT molecular complexity index is 538. The fraction of sp³-hybridized carbons (Fsp3) is 0.429. The monoisotopic (exact) mass is 276 g/mol. The fourth-order valence-electron chi connectivity index (χ4n) is 2.31. The van der Waals surface area contributed by atoms with Crippen molar-refractivity contribution in [1.29, 1.82) is 0 Å². The maximum Gasteiger partial charge on any atom is 0.262 e. The van der Waals surface area contributed by atoms with Gasteiger partial charge in [0, 0.05) is 18.7 Å². The Morgan fingerprint density at radius 3 is 2.90 bits per heavy atom. The van der Waals surface area contributed by atoms with Gasteiger partial charge in [-0.25, -0.2) is 0 Å². The molecule has 1 N–H and O–H groups in total. The minimum absolute atomic E-state index is 0.0219. The van der Waals surface area contributed by atoms with E-state index in [1.165, 1.54) is 0 Å². The van der Waals surface area contributed by atoms with Crippen molar-refractivity contribution in [3.8, 4) is 5.75 Å². The number of nitrogens with zero attached hydrogens (tertiary/aromatic N) is 1. The van der Waals surface area contributed by atoms with E-state index in [0.717, 1.165) is 13.1 Å². The molecule has 1 fully saturated rings. The Morgan fingerprint density at radius 1 is 1.30 bits per heavy atom. The SMILES string of the molecule is O=C1COc2ccc(C(=O)CN3CCOCC3)cc2N1. The maximum absolute atomic E-state index is 12.2. The van der Waals surface area contributed by atoms with Crippen LogP contribution in [-0.2, 0) is 9.53 Å². The molecule has 2 aliphatic rings. The smallest absolute Gasteiger partial charge is 0.262 e. The number of amides is 1. The van der Waals surface area contributed by atoms with E-state index in [1.54, 1.807) is 18.2 Å². The maximum atomic E-state index is 12.2. The van der Waals surface area contributed by atoms with Gasteiger partial charge in [-0.15, -0.1) is 0 Å². The van der Waals surface area contributed by atoms with Crippen LogP contribution in [0.3, 0.4) is 0 Å². The molecule has 1 aromatic carbocycles. The van der Waals surface area contributed by atoms with E-state index in [4.69, 9.17) is 9.47 Å². The number of nitrogens with one attached hydrogen (secondary N) is 1. The highest BCUT2D eigenvalue weighted by Gasteiger charge is 2.19. The van der Waals surface area contributed by atoms with Gasteiger partial charge in [0.05, 0.1) is 25.4 Å². The molecule has 6 heteroatoms. The first-order chi connectivity index (χ1) is 9.72. The van der Waals surface area contributed by atoms with E-state index in [1.807, 2.05) is 0 Å². The largest absolute Gasteiger partial charge is 0.482 e. The summed E-state index contributed by atoms with van der Waals surface area (Å²) >= 11 is 0. The van der Waals surface area contributed by atoms with Crippen molar-refractivity contribution in [2.45, 2.75) is 0 Å². The standard InChI is InChI=1S/C14H16N2O4/c17-12(8-16-3-5-19-6-4-16)10-1-2-13-11(7-10)15-14(18)9-20-13/h1-2,7H,3-6,8-9H2,(H,15,18). The number of ether oxygens (including phenoxy) is 2. The number of fused-ring (bicyclic) bond motifs is 1. The lowest BCUT2D eigenvalue weighted by Gasteiger charge is -2.26. The number of morpholine rings is 1. The number of hydrogen-bond donors (Lipinski definition) is 1. The van der Waals surface area contributed by atoms with E-state index < -0.39 is 0 Å². The lowest BCUT2D eigenvalue weighted by atomic mass is 10.1. The molecular formula is C14H16N2O4. The van der Waals surface area contributed by atoms with Crippen molar-refractivity contribution in [2.75, 3.05) is 44.8 Å². The third kappa shape index (κ3) is 2.81. The molecule has 0 aliphatic carbocycles. The van der Waals surface area contributed by atoms with Gasteiger partial charge in [0.2, 0.25) is 0 Å². The van der Waals surface area contributed by atoms with Crippen molar-refractivity contribution in [3.63, 3.8) is 0 Å². The first kappa shape index (κ1) is 13.1. The first-order valence-electron chi connectivity index (χ1n) is 6.62. The van der Waals surface area contributed by atoms with Crippen LogP contribution in [0, 0.1) is 0 Å². The molecule has 106 valence electrons. The summed E-state index contributed by atoms with van der Waals surface area (Å²) in [4.78, 5) is 25.6. The number of ketones is 1. The van der Waals surface area contributed by atoms with Crippen LogP contribution in [0.2, 0.25) is 0 Å². The minimum atomic E-state index is -0.199. The van der Waals surface area contributed by atoms with Crippen LogP contribution in [-0.4, -0.2) is 56.0 Å². The minimum Gasteiger partial charge on any atom is -0.482 e. The number of carbonyl (C=O) groups excluding carboxylic acids is 2. The predicted octanol–water partition coefficient (Wildman–Crippen LogP) is 0.532. The molecule has 0 saturated carbocycles. The van der Waals surface area contributed by atoms with E-state index in [0.29, 0.717) is 36.8 Å². The van der Waals surface area contributed by atoms with Crippen molar-refractivity contribution >= 4 is 17.4 Å². The number of carbonyl (C=O) groups is 2. The van der Waals surface area contributed by atoms with E-state index >= 15 is 0 Å². The molecule has 0 radical (unpaired) electrons. The van der Waals surface area contributed by atoms with Crippen molar-refractivity contribution in [2.24, 2.45) is 0 Å². The van der Waals surface area contributed by atoms with Gasteiger partial charge in [0.1, 0.15) is 5.75 Å². The molecule has 3 rings (SSSR count). The lowest BCUT2D eigenvalue weighted by Crippen LogP contribution is -2.39. The average molecular weight is 276 g/mol. The Hall–Kier alpha value is -1.92. The Labute approximate surface area is 116 Å². The van der Waals surface area contributed by atoms with Crippen molar-refractivity contribution in [1.82, 2.24) is 4.90 Å². The predicted molar refractivity (Wildman–Crippen MR) is 72.2 cm³/mol. The van der Waals surface area contributed by atoms with Gasteiger partial charge in [0.15, 0.2) is 12.4 Å². The summed E-state index contributed by atoms with van der Waals surface area (Å²) < 4.78 is 10.5. The van der Waals surface area contributed by atoms with Crippen LogP contribution in [0.25, 0.3) is 0 Å². The molecule has 1 aromatic rings.